The molecule has 0 spiro atoms. The molecule has 2 heterocycles. The maximum absolute atomic E-state index is 12.2. The molecule has 0 radical (unpaired) electrons. The number of nitrogens with zero attached hydrogens (tertiary/aromatic N) is 2. The Balaban J connectivity index is 1.48. The Morgan fingerprint density at radius 3 is 2.81 bits per heavy atom. The molecule has 3 rings (SSSR count). The third-order valence-electron chi connectivity index (χ3n) is 3.67. The van der Waals surface area contributed by atoms with Crippen LogP contribution in [0, 0.1) is 0 Å². The van der Waals surface area contributed by atoms with E-state index in [-0.39, 0.29) is 5.56 Å². The molecule has 2 aromatic heterocycles. The minimum atomic E-state index is -0.117. The van der Waals surface area contributed by atoms with E-state index in [9.17, 15) is 4.79 Å². The van der Waals surface area contributed by atoms with Gasteiger partial charge in [-0.15, -0.1) is 11.3 Å². The minimum absolute atomic E-state index is 0.117. The molecule has 3 aromatic rings. The molecule has 136 valence electrons. The highest BCUT2D eigenvalue weighted by molar-refractivity contribution is 7.98. The summed E-state index contributed by atoms with van der Waals surface area (Å²) in [6.45, 7) is 0.733. The molecule has 0 aliphatic carbocycles. The van der Waals surface area contributed by atoms with Crippen molar-refractivity contribution in [3.8, 4) is 5.75 Å². The number of hydrogen-bond donors (Lipinski definition) is 2. The van der Waals surface area contributed by atoms with Crippen LogP contribution < -0.4 is 15.6 Å². The third-order valence-corrected chi connectivity index (χ3v) is 5.61. The van der Waals surface area contributed by atoms with E-state index in [2.05, 4.69) is 20.3 Å². The predicted octanol–water partition coefficient (Wildman–Crippen LogP) is 3.17. The number of thioether (sulfide) groups is 1. The largest absolute Gasteiger partial charge is 0.497 e. The standard InChI is InChI=1S/C18H20N4O2S2/c1-24-15-4-2-13(3-5-15)10-14-11-21-18(22-17(14)23)20-6-8-25-12-16-19-7-9-26-16/h2-5,7,9,11H,6,8,10,12H2,1H3,(H2,20,21,22,23). The Bertz CT molecular complexity index is 864. The SMILES string of the molecule is COc1ccc(Cc2cnc(NCCSCc3nccs3)[nH]c2=O)cc1. The van der Waals surface area contributed by atoms with Crippen molar-refractivity contribution in [2.45, 2.75) is 12.2 Å². The fraction of sp³-hybridized carbons (Fsp3) is 0.278. The summed E-state index contributed by atoms with van der Waals surface area (Å²) in [6.07, 6.45) is 3.99. The summed E-state index contributed by atoms with van der Waals surface area (Å²) in [7, 11) is 1.63. The molecule has 0 atom stereocenters. The zero-order chi connectivity index (χ0) is 18.2. The zero-order valence-corrected chi connectivity index (χ0v) is 16.0. The number of rotatable bonds is 9. The lowest BCUT2D eigenvalue weighted by Gasteiger charge is -2.07. The van der Waals surface area contributed by atoms with E-state index in [1.807, 2.05) is 35.8 Å². The second kappa shape index (κ2) is 9.40. The second-order valence-electron chi connectivity index (χ2n) is 5.52. The molecule has 0 aliphatic rings. The van der Waals surface area contributed by atoms with E-state index in [0.29, 0.717) is 17.9 Å². The van der Waals surface area contributed by atoms with E-state index < -0.39 is 0 Å². The van der Waals surface area contributed by atoms with Gasteiger partial charge in [0.25, 0.3) is 5.56 Å². The fourth-order valence-corrected chi connectivity index (χ4v) is 3.89. The lowest BCUT2D eigenvalue weighted by Crippen LogP contribution is -2.18. The highest BCUT2D eigenvalue weighted by Gasteiger charge is 2.05. The Labute approximate surface area is 160 Å². The van der Waals surface area contributed by atoms with Gasteiger partial charge in [-0.1, -0.05) is 12.1 Å². The van der Waals surface area contributed by atoms with Crippen LogP contribution in [0.2, 0.25) is 0 Å². The van der Waals surface area contributed by atoms with Gasteiger partial charge in [0.2, 0.25) is 5.95 Å². The predicted molar refractivity (Wildman–Crippen MR) is 107 cm³/mol. The van der Waals surface area contributed by atoms with Gasteiger partial charge in [-0.2, -0.15) is 11.8 Å². The molecule has 2 N–H and O–H groups in total. The zero-order valence-electron chi connectivity index (χ0n) is 14.4. The molecular formula is C18H20N4O2S2. The average molecular weight is 389 g/mol. The molecular weight excluding hydrogens is 368 g/mol. The fourth-order valence-electron chi connectivity index (χ4n) is 2.33. The molecule has 26 heavy (non-hydrogen) atoms. The minimum Gasteiger partial charge on any atom is -0.497 e. The van der Waals surface area contributed by atoms with E-state index in [0.717, 1.165) is 34.4 Å². The number of nitrogens with one attached hydrogen (secondary N) is 2. The van der Waals surface area contributed by atoms with Crippen LogP contribution in [0.1, 0.15) is 16.1 Å². The van der Waals surface area contributed by atoms with Crippen molar-refractivity contribution < 1.29 is 4.74 Å². The number of benzene rings is 1. The van der Waals surface area contributed by atoms with Gasteiger partial charge in [0.1, 0.15) is 10.8 Å². The second-order valence-corrected chi connectivity index (χ2v) is 7.60. The molecule has 6 nitrogen and oxygen atoms in total. The molecule has 0 saturated carbocycles. The molecule has 0 amide bonds. The van der Waals surface area contributed by atoms with Crippen molar-refractivity contribution in [1.29, 1.82) is 0 Å². The van der Waals surface area contributed by atoms with Crippen LogP contribution in [0.3, 0.4) is 0 Å². The first kappa shape index (κ1) is 18.5. The number of anilines is 1. The van der Waals surface area contributed by atoms with E-state index in [1.54, 1.807) is 36.4 Å². The van der Waals surface area contributed by atoms with E-state index in [1.165, 1.54) is 0 Å². The van der Waals surface area contributed by atoms with Gasteiger partial charge in [0, 0.05) is 47.8 Å². The van der Waals surface area contributed by atoms with E-state index in [4.69, 9.17) is 4.74 Å². The summed E-state index contributed by atoms with van der Waals surface area (Å²) in [5, 5.41) is 6.26. The third kappa shape index (κ3) is 5.34. The summed E-state index contributed by atoms with van der Waals surface area (Å²) in [5.41, 5.74) is 1.56. The van der Waals surface area contributed by atoms with E-state index >= 15 is 0 Å². The van der Waals surface area contributed by atoms with Gasteiger partial charge < -0.3 is 10.1 Å². The van der Waals surface area contributed by atoms with Crippen molar-refractivity contribution in [3.05, 3.63) is 68.5 Å². The van der Waals surface area contributed by atoms with Crippen molar-refractivity contribution in [2.24, 2.45) is 0 Å². The number of H-pyrrole nitrogens is 1. The molecule has 0 bridgehead atoms. The molecule has 0 aliphatic heterocycles. The smallest absolute Gasteiger partial charge is 0.255 e. The van der Waals surface area contributed by atoms with Crippen molar-refractivity contribution in [3.63, 3.8) is 0 Å². The topological polar surface area (TPSA) is 79.9 Å². The summed E-state index contributed by atoms with van der Waals surface area (Å²) in [6, 6.07) is 7.67. The van der Waals surface area contributed by atoms with Crippen LogP contribution in [-0.4, -0.2) is 34.4 Å². The van der Waals surface area contributed by atoms with Crippen LogP contribution in [-0.2, 0) is 12.2 Å². The number of methoxy groups -OCH3 is 1. The number of thiazole rings is 1. The lowest BCUT2D eigenvalue weighted by atomic mass is 10.1. The number of aromatic nitrogens is 3. The van der Waals surface area contributed by atoms with Gasteiger partial charge >= 0.3 is 0 Å². The first-order valence-corrected chi connectivity index (χ1v) is 10.2. The van der Waals surface area contributed by atoms with Crippen molar-refractivity contribution >= 4 is 29.0 Å². The quantitative estimate of drug-likeness (QED) is 0.548. The highest BCUT2D eigenvalue weighted by Crippen LogP contribution is 2.14. The average Bonchev–Trinajstić information content (AvgIpc) is 3.18. The monoisotopic (exact) mass is 388 g/mol. The first-order valence-electron chi connectivity index (χ1n) is 8.15. The molecule has 0 unspecified atom stereocenters. The summed E-state index contributed by atoms with van der Waals surface area (Å²) >= 11 is 3.46. The van der Waals surface area contributed by atoms with Gasteiger partial charge in [-0.25, -0.2) is 9.97 Å². The van der Waals surface area contributed by atoms with Gasteiger partial charge in [0.15, 0.2) is 0 Å². The maximum atomic E-state index is 12.2. The molecule has 0 saturated heterocycles. The van der Waals surface area contributed by atoms with Crippen LogP contribution >= 0.6 is 23.1 Å². The first-order chi connectivity index (χ1) is 12.7. The molecule has 1 aromatic carbocycles. The van der Waals surface area contributed by atoms with Gasteiger partial charge in [0.05, 0.1) is 7.11 Å². The number of ether oxygens (including phenoxy) is 1. The van der Waals surface area contributed by atoms with Crippen LogP contribution in [0.25, 0.3) is 0 Å². The Kier molecular flexibility index (Phi) is 6.68. The normalized spacial score (nSPS) is 10.7. The van der Waals surface area contributed by atoms with Crippen LogP contribution in [0.4, 0.5) is 5.95 Å². The van der Waals surface area contributed by atoms with Crippen molar-refractivity contribution in [2.75, 3.05) is 24.7 Å². The number of hydrogen-bond acceptors (Lipinski definition) is 7. The summed E-state index contributed by atoms with van der Waals surface area (Å²) < 4.78 is 5.14. The van der Waals surface area contributed by atoms with Crippen LogP contribution in [0.15, 0.2) is 46.8 Å². The van der Waals surface area contributed by atoms with Gasteiger partial charge in [-0.05, 0) is 17.7 Å². The van der Waals surface area contributed by atoms with Gasteiger partial charge in [-0.3, -0.25) is 9.78 Å². The Hall–Kier alpha value is -2.32. The highest BCUT2D eigenvalue weighted by atomic mass is 32.2. The number of aromatic amines is 1. The summed E-state index contributed by atoms with van der Waals surface area (Å²) in [5.74, 6) is 3.12. The Morgan fingerprint density at radius 1 is 1.27 bits per heavy atom. The molecule has 0 fully saturated rings. The summed E-state index contributed by atoms with van der Waals surface area (Å²) in [4.78, 5) is 23.6. The lowest BCUT2D eigenvalue weighted by molar-refractivity contribution is 0.414. The molecule has 8 heteroatoms. The van der Waals surface area contributed by atoms with Crippen LogP contribution in [0.5, 0.6) is 5.75 Å². The Morgan fingerprint density at radius 2 is 2.12 bits per heavy atom. The maximum Gasteiger partial charge on any atom is 0.255 e. The van der Waals surface area contributed by atoms with Crippen molar-refractivity contribution in [1.82, 2.24) is 15.0 Å².